The van der Waals surface area contributed by atoms with E-state index in [0.29, 0.717) is 6.42 Å². The topological polar surface area (TPSA) is 102 Å². The van der Waals surface area contributed by atoms with Gasteiger partial charge in [0, 0.05) is 5.92 Å². The van der Waals surface area contributed by atoms with E-state index in [1.807, 2.05) is 54.6 Å². The van der Waals surface area contributed by atoms with Gasteiger partial charge < -0.3 is 19.9 Å². The highest BCUT2D eigenvalue weighted by Crippen LogP contribution is 2.44. The van der Waals surface area contributed by atoms with Crippen molar-refractivity contribution in [2.45, 2.75) is 69.7 Å². The summed E-state index contributed by atoms with van der Waals surface area (Å²) in [7, 11) is 0. The summed E-state index contributed by atoms with van der Waals surface area (Å²) in [5, 5.41) is 12.4. The van der Waals surface area contributed by atoms with Crippen LogP contribution >= 0.6 is 0 Å². The highest BCUT2D eigenvalue weighted by Gasteiger charge is 2.32. The molecule has 1 amide bonds. The van der Waals surface area contributed by atoms with Crippen LogP contribution in [0.5, 0.6) is 0 Å². The summed E-state index contributed by atoms with van der Waals surface area (Å²) in [5.74, 6) is -2.51. The maximum Gasteiger partial charge on any atom is 0.407 e. The molecule has 2 atom stereocenters. The first-order chi connectivity index (χ1) is 21.5. The van der Waals surface area contributed by atoms with Gasteiger partial charge in [-0.15, -0.1) is 0 Å². The minimum atomic E-state index is -1.29. The molecule has 0 spiro atoms. The Labute approximate surface area is 260 Å². The summed E-state index contributed by atoms with van der Waals surface area (Å²) in [5.41, 5.74) is 5.70. The lowest BCUT2D eigenvalue weighted by Gasteiger charge is -2.21. The van der Waals surface area contributed by atoms with Crippen LogP contribution in [0.2, 0.25) is 0 Å². The molecule has 0 radical (unpaired) electrons. The van der Waals surface area contributed by atoms with E-state index in [0.717, 1.165) is 67.2 Å². The summed E-state index contributed by atoms with van der Waals surface area (Å²) in [6.07, 6.45) is 8.28. The zero-order chi connectivity index (χ0) is 31.1. The van der Waals surface area contributed by atoms with Gasteiger partial charge in [-0.1, -0.05) is 124 Å². The van der Waals surface area contributed by atoms with Crippen molar-refractivity contribution in [2.75, 3.05) is 13.2 Å². The number of esters is 1. The van der Waals surface area contributed by atoms with Crippen molar-refractivity contribution in [1.82, 2.24) is 5.32 Å². The lowest BCUT2D eigenvalue weighted by molar-refractivity contribution is -0.149. The van der Waals surface area contributed by atoms with E-state index in [4.69, 9.17) is 9.47 Å². The number of nitrogens with one attached hydrogen (secondary N) is 1. The van der Waals surface area contributed by atoms with Crippen molar-refractivity contribution in [2.24, 2.45) is 5.92 Å². The summed E-state index contributed by atoms with van der Waals surface area (Å²) in [4.78, 5) is 37.8. The fourth-order valence-electron chi connectivity index (χ4n) is 5.95. The molecule has 0 fully saturated rings. The molecule has 1 aliphatic carbocycles. The molecule has 7 nitrogen and oxygen atoms in total. The Morgan fingerprint density at radius 3 is 2.02 bits per heavy atom. The molecule has 7 heteroatoms. The van der Waals surface area contributed by atoms with Gasteiger partial charge in [0.05, 0.1) is 5.92 Å². The summed E-state index contributed by atoms with van der Waals surface area (Å²) < 4.78 is 10.8. The molecule has 1 aliphatic rings. The Balaban J connectivity index is 1.25. The van der Waals surface area contributed by atoms with Crippen LogP contribution in [-0.2, 0) is 25.5 Å². The molecule has 0 heterocycles. The average molecular weight is 598 g/mol. The van der Waals surface area contributed by atoms with E-state index in [-0.39, 0.29) is 25.6 Å². The molecule has 0 unspecified atom stereocenters. The number of carbonyl (C=O) groups is 3. The minimum Gasteiger partial charge on any atom is -0.480 e. The van der Waals surface area contributed by atoms with Crippen molar-refractivity contribution in [3.63, 3.8) is 0 Å². The Morgan fingerprint density at radius 2 is 1.39 bits per heavy atom. The summed E-state index contributed by atoms with van der Waals surface area (Å²) in [6, 6.07) is 25.2. The third-order valence-electron chi connectivity index (χ3n) is 8.24. The van der Waals surface area contributed by atoms with Crippen molar-refractivity contribution in [3.8, 4) is 11.1 Å². The van der Waals surface area contributed by atoms with Gasteiger partial charge in [0.1, 0.15) is 19.3 Å². The van der Waals surface area contributed by atoms with Crippen LogP contribution < -0.4 is 5.32 Å². The molecule has 0 aliphatic heterocycles. The van der Waals surface area contributed by atoms with Crippen LogP contribution in [0, 0.1) is 5.92 Å². The van der Waals surface area contributed by atoms with Crippen molar-refractivity contribution in [1.29, 1.82) is 0 Å². The highest BCUT2D eigenvalue weighted by atomic mass is 16.5. The molecule has 44 heavy (non-hydrogen) atoms. The number of carboxylic acids is 1. The van der Waals surface area contributed by atoms with E-state index >= 15 is 0 Å². The van der Waals surface area contributed by atoms with Crippen LogP contribution in [0.4, 0.5) is 4.79 Å². The standard InChI is InChI=1S/C37H43NO6/c1-2-24-43-36(41)28(19-11-6-4-3-5-8-16-27-17-9-7-10-18-27)25-34(35(39)40)38-37(42)44-26-33-31-22-14-12-20-29(31)30-21-13-15-23-32(30)33/h2,7,9-10,12-15,17-18,20-23,28,33-34H,1,3-6,8,11,16,19,24-26H2,(H,38,42)(H,39,40)/t28-,34-/m0/s1. The second kappa shape index (κ2) is 17.0. The zero-order valence-electron chi connectivity index (χ0n) is 25.3. The average Bonchev–Trinajstić information content (AvgIpc) is 3.36. The Morgan fingerprint density at radius 1 is 0.795 bits per heavy atom. The van der Waals surface area contributed by atoms with Gasteiger partial charge in [0.25, 0.3) is 0 Å². The van der Waals surface area contributed by atoms with Gasteiger partial charge in [-0.2, -0.15) is 0 Å². The van der Waals surface area contributed by atoms with E-state index in [1.165, 1.54) is 11.6 Å². The van der Waals surface area contributed by atoms with Gasteiger partial charge in [-0.05, 0) is 53.5 Å². The predicted molar refractivity (Wildman–Crippen MR) is 171 cm³/mol. The summed E-state index contributed by atoms with van der Waals surface area (Å²) >= 11 is 0. The normalized spacial score (nSPS) is 13.3. The van der Waals surface area contributed by atoms with Gasteiger partial charge in [-0.3, -0.25) is 4.79 Å². The van der Waals surface area contributed by atoms with Gasteiger partial charge in [0.15, 0.2) is 0 Å². The smallest absolute Gasteiger partial charge is 0.407 e. The number of ether oxygens (including phenoxy) is 2. The fraction of sp³-hybridized carbons (Fsp3) is 0.378. The molecule has 232 valence electrons. The first-order valence-electron chi connectivity index (χ1n) is 15.6. The van der Waals surface area contributed by atoms with Gasteiger partial charge in [-0.25, -0.2) is 9.59 Å². The number of fused-ring (bicyclic) bond motifs is 3. The lowest BCUT2D eigenvalue weighted by atomic mass is 9.93. The zero-order valence-corrected chi connectivity index (χ0v) is 25.3. The molecule has 0 bridgehead atoms. The molecular formula is C37H43NO6. The van der Waals surface area contributed by atoms with Crippen LogP contribution in [0.3, 0.4) is 0 Å². The van der Waals surface area contributed by atoms with Crippen molar-refractivity contribution < 1.29 is 29.0 Å². The predicted octanol–water partition coefficient (Wildman–Crippen LogP) is 7.69. The second-order valence-corrected chi connectivity index (χ2v) is 11.4. The third kappa shape index (κ3) is 9.30. The highest BCUT2D eigenvalue weighted by molar-refractivity contribution is 5.82. The molecule has 0 saturated heterocycles. The number of carboxylic acid groups (broad SMARTS) is 1. The SMILES string of the molecule is C=CCOC(=O)[C@@H](CCCCCCCCc1ccccc1)C[C@H](NC(=O)OCC1c2ccccc2-c2ccccc21)C(=O)O. The molecular weight excluding hydrogens is 554 g/mol. The Hall–Kier alpha value is -4.39. The van der Waals surface area contributed by atoms with Crippen LogP contribution in [-0.4, -0.2) is 42.4 Å². The lowest BCUT2D eigenvalue weighted by Crippen LogP contribution is -2.43. The maximum atomic E-state index is 12.8. The first-order valence-corrected chi connectivity index (χ1v) is 15.6. The molecule has 3 aromatic rings. The van der Waals surface area contributed by atoms with E-state index in [9.17, 15) is 19.5 Å². The number of hydrogen-bond donors (Lipinski definition) is 2. The Kier molecular flexibility index (Phi) is 12.6. The van der Waals surface area contributed by atoms with Crippen LogP contribution in [0.15, 0.2) is 91.5 Å². The van der Waals surface area contributed by atoms with Gasteiger partial charge in [0.2, 0.25) is 0 Å². The number of unbranched alkanes of at least 4 members (excludes halogenated alkanes) is 5. The third-order valence-corrected chi connectivity index (χ3v) is 8.24. The number of aryl methyl sites for hydroxylation is 1. The quantitative estimate of drug-likeness (QED) is 0.0886. The van der Waals surface area contributed by atoms with E-state index < -0.39 is 30.0 Å². The number of benzene rings is 3. The number of alkyl carbamates (subject to hydrolysis) is 1. The fourth-order valence-corrected chi connectivity index (χ4v) is 5.95. The number of amides is 1. The van der Waals surface area contributed by atoms with Gasteiger partial charge >= 0.3 is 18.0 Å². The molecule has 0 saturated carbocycles. The van der Waals surface area contributed by atoms with Crippen molar-refractivity contribution in [3.05, 3.63) is 108 Å². The molecule has 2 N–H and O–H groups in total. The number of carbonyl (C=O) groups excluding carboxylic acids is 2. The first kappa shape index (κ1) is 32.5. The molecule has 4 rings (SSSR count). The Bertz CT molecular complexity index is 1340. The largest absolute Gasteiger partial charge is 0.480 e. The monoisotopic (exact) mass is 597 g/mol. The molecule has 3 aromatic carbocycles. The maximum absolute atomic E-state index is 12.8. The van der Waals surface area contributed by atoms with E-state index in [2.05, 4.69) is 36.2 Å². The second-order valence-electron chi connectivity index (χ2n) is 11.4. The number of rotatable bonds is 18. The van der Waals surface area contributed by atoms with Crippen LogP contribution in [0.25, 0.3) is 11.1 Å². The minimum absolute atomic E-state index is 0.0499. The number of hydrogen-bond acceptors (Lipinski definition) is 5. The van der Waals surface area contributed by atoms with E-state index in [1.54, 1.807) is 0 Å². The number of aliphatic carboxylic acids is 1. The molecule has 0 aromatic heterocycles. The van der Waals surface area contributed by atoms with Crippen molar-refractivity contribution >= 4 is 18.0 Å². The summed E-state index contributed by atoms with van der Waals surface area (Å²) in [6.45, 7) is 3.71. The van der Waals surface area contributed by atoms with Crippen LogP contribution in [0.1, 0.15) is 74.0 Å².